The Labute approximate surface area is 100 Å². The number of hydrogen-bond acceptors (Lipinski definition) is 2. The third-order valence-corrected chi connectivity index (χ3v) is 11.7. The Kier molecular flexibility index (Phi) is 5.12. The molecule has 0 saturated heterocycles. The Morgan fingerprint density at radius 3 is 1.08 bits per heavy atom. The van der Waals surface area contributed by atoms with Gasteiger partial charge in [0.1, 0.15) is 0 Å². The molecule has 0 aromatic carbocycles. The molecule has 0 aromatic heterocycles. The molecule has 0 rings (SSSR count). The fraction of sp³-hybridized carbons (Fsp3) is 1.00. The van der Waals surface area contributed by atoms with E-state index in [9.17, 15) is 0 Å². The normalized spacial score (nSPS) is 14.8. The molecule has 0 amide bonds. The summed E-state index contributed by atoms with van der Waals surface area (Å²) >= 11 is 7.19. The molecule has 0 heterocycles. The average Bonchev–Trinajstić information content (AvgIpc) is 1.43. The third-order valence-electron chi connectivity index (χ3n) is 0.977. The van der Waals surface area contributed by atoms with Crippen LogP contribution in [0.4, 0.5) is 0 Å². The van der Waals surface area contributed by atoms with Crippen molar-refractivity contribution in [2.45, 2.75) is 39.3 Å². The van der Waals surface area contributed by atoms with Gasteiger partial charge in [0.05, 0.1) is 0 Å². The predicted octanol–water partition coefficient (Wildman–Crippen LogP) is 3.91. The lowest BCUT2D eigenvalue weighted by Crippen LogP contribution is -2.48. The van der Waals surface area contributed by atoms with Crippen molar-refractivity contribution in [3.05, 3.63) is 0 Å². The van der Waals surface area contributed by atoms with Crippen LogP contribution in [0.2, 0.25) is 39.3 Å². The highest BCUT2D eigenvalue weighted by molar-refractivity contribution is 9.26. The van der Waals surface area contributed by atoms with Crippen LogP contribution in [0.5, 0.6) is 0 Å². The molecule has 0 aliphatic carbocycles. The highest BCUT2D eigenvalue weighted by atomic mass is 79.9. The van der Waals surface area contributed by atoms with Gasteiger partial charge in [-0.1, -0.05) is 30.6 Å². The molecule has 7 heteroatoms. The van der Waals surface area contributed by atoms with Crippen molar-refractivity contribution in [1.29, 1.82) is 0 Å². The van der Waals surface area contributed by atoms with Gasteiger partial charge in [-0.05, 0) is 39.3 Å². The lowest BCUT2D eigenvalue weighted by molar-refractivity contribution is 0.410. The summed E-state index contributed by atoms with van der Waals surface area (Å²) in [5.74, 6) is 0. The van der Waals surface area contributed by atoms with Gasteiger partial charge in [0.25, 0.3) is 0 Å². The van der Waals surface area contributed by atoms with E-state index < -0.39 is 22.4 Å². The Morgan fingerprint density at radius 2 is 0.923 bits per heavy atom. The zero-order valence-corrected chi connectivity index (χ0v) is 15.2. The van der Waals surface area contributed by atoms with Gasteiger partial charge in [-0.15, -0.1) is 0 Å². The van der Waals surface area contributed by atoms with Gasteiger partial charge in [-0.3, -0.25) is 0 Å². The molecule has 0 fully saturated rings. The Morgan fingerprint density at radius 1 is 0.692 bits per heavy atom. The number of rotatable bonds is 4. The van der Waals surface area contributed by atoms with E-state index in [1.54, 1.807) is 0 Å². The van der Waals surface area contributed by atoms with Crippen molar-refractivity contribution in [3.8, 4) is 0 Å². The van der Waals surface area contributed by atoms with Gasteiger partial charge >= 0.3 is 8.56 Å². The molecule has 0 spiro atoms. The standard InChI is InChI=1S/C6H18Br2O2Si3/c1-11(2,7)9-13(5,6)10-12(3,4)8/h1-6H3. The lowest BCUT2D eigenvalue weighted by atomic mass is 11.9. The second kappa shape index (κ2) is 4.58. The second-order valence-corrected chi connectivity index (χ2v) is 25.7. The van der Waals surface area contributed by atoms with Gasteiger partial charge in [-0.25, -0.2) is 0 Å². The number of hydrogen-bond donors (Lipinski definition) is 0. The van der Waals surface area contributed by atoms with Crippen LogP contribution in [0.25, 0.3) is 0 Å². The Bertz CT molecular complexity index is 156. The Hall–Kier alpha value is 1.53. The topological polar surface area (TPSA) is 18.5 Å². The zero-order valence-electron chi connectivity index (χ0n) is 9.07. The Balaban J connectivity index is 4.25. The first-order valence-electron chi connectivity index (χ1n) is 4.19. The predicted molar refractivity (Wildman–Crippen MR) is 72.5 cm³/mol. The maximum Gasteiger partial charge on any atom is 0.312 e. The summed E-state index contributed by atoms with van der Waals surface area (Å²) in [6, 6.07) is 0. The van der Waals surface area contributed by atoms with Crippen LogP contribution in [0.1, 0.15) is 0 Å². The molecule has 13 heavy (non-hydrogen) atoms. The summed E-state index contributed by atoms with van der Waals surface area (Å²) in [4.78, 5) is 0. The first-order valence-corrected chi connectivity index (χ1v) is 17.3. The first kappa shape index (κ1) is 14.5. The summed E-state index contributed by atoms with van der Waals surface area (Å²) in [5.41, 5.74) is 0. The quantitative estimate of drug-likeness (QED) is 0.555. The molecule has 0 aliphatic rings. The van der Waals surface area contributed by atoms with Gasteiger partial charge in [0, 0.05) is 0 Å². The van der Waals surface area contributed by atoms with E-state index in [4.69, 9.17) is 8.23 Å². The maximum atomic E-state index is 5.98. The minimum atomic E-state index is -1.94. The van der Waals surface area contributed by atoms with Gasteiger partial charge in [0.15, 0.2) is 0 Å². The van der Waals surface area contributed by atoms with Crippen LogP contribution in [0.15, 0.2) is 0 Å². The third kappa shape index (κ3) is 9.83. The van der Waals surface area contributed by atoms with E-state index >= 15 is 0 Å². The van der Waals surface area contributed by atoms with Crippen LogP contribution < -0.4 is 0 Å². The van der Waals surface area contributed by atoms with Crippen LogP contribution in [0.3, 0.4) is 0 Å². The molecule has 0 radical (unpaired) electrons. The number of halogens is 2. The summed E-state index contributed by atoms with van der Waals surface area (Å²) in [6.07, 6.45) is 0. The molecule has 0 aliphatic heterocycles. The van der Waals surface area contributed by atoms with Gasteiger partial charge in [0.2, 0.25) is 13.9 Å². The van der Waals surface area contributed by atoms with Crippen molar-refractivity contribution in [2.75, 3.05) is 0 Å². The van der Waals surface area contributed by atoms with E-state index in [-0.39, 0.29) is 0 Å². The van der Waals surface area contributed by atoms with Gasteiger partial charge < -0.3 is 8.23 Å². The van der Waals surface area contributed by atoms with Crippen molar-refractivity contribution in [3.63, 3.8) is 0 Å². The summed E-state index contributed by atoms with van der Waals surface area (Å²) in [7, 11) is -1.94. The van der Waals surface area contributed by atoms with E-state index in [1.165, 1.54) is 0 Å². The van der Waals surface area contributed by atoms with Crippen molar-refractivity contribution in [1.82, 2.24) is 0 Å². The molecule has 80 valence electrons. The molecule has 0 atom stereocenters. The molecule has 0 saturated carbocycles. The summed E-state index contributed by atoms with van der Waals surface area (Å²) in [5, 5.41) is 0. The minimum Gasteiger partial charge on any atom is -0.428 e. The van der Waals surface area contributed by atoms with Crippen molar-refractivity contribution < 1.29 is 8.23 Å². The van der Waals surface area contributed by atoms with E-state index in [0.29, 0.717) is 0 Å². The van der Waals surface area contributed by atoms with E-state index in [1.807, 2.05) is 0 Å². The SMILES string of the molecule is C[Si](C)(Br)O[Si](C)(C)O[Si](C)(C)Br. The minimum absolute atomic E-state index is 1.64. The van der Waals surface area contributed by atoms with Crippen molar-refractivity contribution in [2.24, 2.45) is 0 Å². The highest BCUT2D eigenvalue weighted by Gasteiger charge is 2.37. The molecule has 0 bridgehead atoms. The largest absolute Gasteiger partial charge is 0.428 e. The second-order valence-electron chi connectivity index (χ2n) is 4.33. The summed E-state index contributed by atoms with van der Waals surface area (Å²) in [6.45, 7) is 9.38. The van der Waals surface area contributed by atoms with E-state index in [2.05, 4.69) is 69.9 Å². The van der Waals surface area contributed by atoms with Crippen LogP contribution in [-0.4, -0.2) is 22.4 Å². The van der Waals surface area contributed by atoms with Gasteiger partial charge in [-0.2, -0.15) is 0 Å². The lowest BCUT2D eigenvalue weighted by Gasteiger charge is -2.33. The molecule has 2 nitrogen and oxygen atoms in total. The van der Waals surface area contributed by atoms with E-state index in [0.717, 1.165) is 0 Å². The van der Waals surface area contributed by atoms with Crippen molar-refractivity contribution >= 4 is 53.0 Å². The van der Waals surface area contributed by atoms with Crippen LogP contribution >= 0.6 is 30.6 Å². The smallest absolute Gasteiger partial charge is 0.312 e. The fourth-order valence-corrected chi connectivity index (χ4v) is 18.1. The molecular weight excluding hydrogens is 348 g/mol. The summed E-state index contributed by atoms with van der Waals surface area (Å²) < 4.78 is 12.0. The highest BCUT2D eigenvalue weighted by Crippen LogP contribution is 2.25. The molecule has 0 N–H and O–H groups in total. The zero-order chi connectivity index (χ0) is 10.9. The van der Waals surface area contributed by atoms with Crippen LogP contribution in [0, 0.1) is 0 Å². The van der Waals surface area contributed by atoms with Crippen LogP contribution in [-0.2, 0) is 8.23 Å². The first-order chi connectivity index (χ1) is 5.41. The maximum absolute atomic E-state index is 5.98. The monoisotopic (exact) mass is 364 g/mol. The fourth-order valence-electron chi connectivity index (χ4n) is 1.19. The average molecular weight is 366 g/mol. The molecule has 0 unspecified atom stereocenters. The molecular formula is C6H18Br2O2Si3. The molecule has 0 aromatic rings.